The Hall–Kier alpha value is -2.64. The van der Waals surface area contributed by atoms with Crippen LogP contribution in [0.3, 0.4) is 0 Å². The van der Waals surface area contributed by atoms with Gasteiger partial charge in [-0.25, -0.2) is 4.79 Å². The molecule has 0 spiro atoms. The predicted molar refractivity (Wildman–Crippen MR) is 97.3 cm³/mol. The summed E-state index contributed by atoms with van der Waals surface area (Å²) in [5, 5.41) is 2.62. The summed E-state index contributed by atoms with van der Waals surface area (Å²) >= 11 is 0. The SMILES string of the molecule is COC(=O)CC1C(=O)NCCN1C(=O)c1c(C)cc(CCC(C)C)oc1=O. The second kappa shape index (κ2) is 8.83. The molecule has 0 aliphatic carbocycles. The zero-order chi connectivity index (χ0) is 20.1. The van der Waals surface area contributed by atoms with Gasteiger partial charge in [0, 0.05) is 19.5 Å². The number of ether oxygens (including phenoxy) is 1. The summed E-state index contributed by atoms with van der Waals surface area (Å²) in [5.74, 6) is -0.674. The summed E-state index contributed by atoms with van der Waals surface area (Å²) in [6.45, 7) is 6.26. The van der Waals surface area contributed by atoms with Crippen molar-refractivity contribution in [3.8, 4) is 0 Å². The van der Waals surface area contributed by atoms with Gasteiger partial charge in [-0.1, -0.05) is 13.8 Å². The van der Waals surface area contributed by atoms with E-state index in [9.17, 15) is 19.2 Å². The van der Waals surface area contributed by atoms with Gasteiger partial charge in [0.15, 0.2) is 0 Å². The molecule has 0 bridgehead atoms. The Morgan fingerprint density at radius 1 is 1.37 bits per heavy atom. The van der Waals surface area contributed by atoms with E-state index in [1.807, 2.05) is 0 Å². The molecule has 8 nitrogen and oxygen atoms in total. The fourth-order valence-corrected chi connectivity index (χ4v) is 3.03. The molecule has 27 heavy (non-hydrogen) atoms. The van der Waals surface area contributed by atoms with Crippen LogP contribution in [0, 0.1) is 12.8 Å². The molecule has 1 unspecified atom stereocenters. The molecule has 2 heterocycles. The molecule has 0 radical (unpaired) electrons. The molecule has 2 amide bonds. The molecule has 1 aliphatic rings. The number of hydrogen-bond donors (Lipinski definition) is 1. The highest BCUT2D eigenvalue weighted by Crippen LogP contribution is 2.17. The van der Waals surface area contributed by atoms with Gasteiger partial charge in [0.05, 0.1) is 13.5 Å². The minimum absolute atomic E-state index is 0.104. The lowest BCUT2D eigenvalue weighted by Gasteiger charge is -2.34. The van der Waals surface area contributed by atoms with Crippen LogP contribution in [-0.2, 0) is 20.7 Å². The highest BCUT2D eigenvalue weighted by molar-refractivity contribution is 5.99. The Kier molecular flexibility index (Phi) is 6.76. The monoisotopic (exact) mass is 378 g/mol. The molecule has 1 aromatic rings. The molecule has 0 saturated carbocycles. The van der Waals surface area contributed by atoms with Crippen LogP contribution in [0.5, 0.6) is 0 Å². The van der Waals surface area contributed by atoms with Gasteiger partial charge in [0.2, 0.25) is 5.91 Å². The zero-order valence-electron chi connectivity index (χ0n) is 16.2. The van der Waals surface area contributed by atoms with Gasteiger partial charge in [0.25, 0.3) is 5.91 Å². The first-order valence-electron chi connectivity index (χ1n) is 9.03. The second-order valence-corrected chi connectivity index (χ2v) is 7.08. The van der Waals surface area contributed by atoms with E-state index in [-0.39, 0.29) is 25.1 Å². The highest BCUT2D eigenvalue weighted by Gasteiger charge is 2.37. The van der Waals surface area contributed by atoms with Crippen LogP contribution in [0.4, 0.5) is 0 Å². The molecule has 0 aromatic carbocycles. The van der Waals surface area contributed by atoms with E-state index in [1.165, 1.54) is 12.0 Å². The Morgan fingerprint density at radius 2 is 2.07 bits per heavy atom. The summed E-state index contributed by atoms with van der Waals surface area (Å²) in [6.07, 6.45) is 1.20. The lowest BCUT2D eigenvalue weighted by Crippen LogP contribution is -2.58. The van der Waals surface area contributed by atoms with Gasteiger partial charge < -0.3 is 19.4 Å². The third kappa shape index (κ3) is 4.96. The largest absolute Gasteiger partial charge is 0.469 e. The molecule has 148 valence electrons. The van der Waals surface area contributed by atoms with Crippen molar-refractivity contribution in [2.24, 2.45) is 5.92 Å². The van der Waals surface area contributed by atoms with E-state index in [1.54, 1.807) is 13.0 Å². The van der Waals surface area contributed by atoms with Crippen LogP contribution in [0.25, 0.3) is 0 Å². The highest BCUT2D eigenvalue weighted by atomic mass is 16.5. The maximum absolute atomic E-state index is 13.0. The topological polar surface area (TPSA) is 106 Å². The fourth-order valence-electron chi connectivity index (χ4n) is 3.03. The van der Waals surface area contributed by atoms with E-state index in [4.69, 9.17) is 4.42 Å². The number of hydrogen-bond acceptors (Lipinski definition) is 6. The van der Waals surface area contributed by atoms with Gasteiger partial charge in [-0.15, -0.1) is 0 Å². The number of rotatable bonds is 6. The third-order valence-electron chi connectivity index (χ3n) is 4.56. The Labute approximate surface area is 157 Å². The van der Waals surface area contributed by atoms with Crippen LogP contribution in [-0.4, -0.2) is 48.9 Å². The Balaban J connectivity index is 2.30. The summed E-state index contributed by atoms with van der Waals surface area (Å²) < 4.78 is 9.93. The summed E-state index contributed by atoms with van der Waals surface area (Å²) in [7, 11) is 1.21. The van der Waals surface area contributed by atoms with E-state index in [2.05, 4.69) is 23.9 Å². The van der Waals surface area contributed by atoms with E-state index >= 15 is 0 Å². The van der Waals surface area contributed by atoms with Crippen molar-refractivity contribution < 1.29 is 23.5 Å². The Morgan fingerprint density at radius 3 is 2.67 bits per heavy atom. The van der Waals surface area contributed by atoms with Crippen molar-refractivity contribution in [1.82, 2.24) is 10.2 Å². The quantitative estimate of drug-likeness (QED) is 0.742. The standard InChI is InChI=1S/C19H26N2O6/c1-11(2)5-6-13-9-12(3)16(19(25)27-13)18(24)21-8-7-20-17(23)14(21)10-15(22)26-4/h9,11,14H,5-8,10H2,1-4H3,(H,20,23). The number of aryl methyl sites for hydroxylation is 2. The average Bonchev–Trinajstić information content (AvgIpc) is 2.60. The zero-order valence-corrected chi connectivity index (χ0v) is 16.2. The molecule has 1 saturated heterocycles. The van der Waals surface area contributed by atoms with Gasteiger partial charge in [-0.3, -0.25) is 14.4 Å². The minimum Gasteiger partial charge on any atom is -0.469 e. The molecule has 2 rings (SSSR count). The number of nitrogens with one attached hydrogen (secondary N) is 1. The molecule has 1 aromatic heterocycles. The van der Waals surface area contributed by atoms with Gasteiger partial charge in [-0.2, -0.15) is 0 Å². The molecule has 1 N–H and O–H groups in total. The van der Waals surface area contributed by atoms with Crippen molar-refractivity contribution in [3.05, 3.63) is 33.4 Å². The van der Waals surface area contributed by atoms with E-state index in [0.29, 0.717) is 23.7 Å². The summed E-state index contributed by atoms with van der Waals surface area (Å²) in [6, 6.07) is 0.675. The maximum atomic E-state index is 13.0. The summed E-state index contributed by atoms with van der Waals surface area (Å²) in [4.78, 5) is 50.4. The number of nitrogens with zero attached hydrogens (tertiary/aromatic N) is 1. The van der Waals surface area contributed by atoms with Crippen LogP contribution in [0.15, 0.2) is 15.3 Å². The lowest BCUT2D eigenvalue weighted by atomic mass is 10.0. The van der Waals surface area contributed by atoms with Crippen LogP contribution >= 0.6 is 0 Å². The van der Waals surface area contributed by atoms with Crippen molar-refractivity contribution in [1.29, 1.82) is 0 Å². The number of amides is 2. The molecule has 1 aliphatic heterocycles. The van der Waals surface area contributed by atoms with Crippen LogP contribution in [0.1, 0.15) is 48.4 Å². The van der Waals surface area contributed by atoms with E-state index in [0.717, 1.165) is 6.42 Å². The third-order valence-corrected chi connectivity index (χ3v) is 4.56. The maximum Gasteiger partial charge on any atom is 0.349 e. The van der Waals surface area contributed by atoms with Crippen LogP contribution < -0.4 is 10.9 Å². The van der Waals surface area contributed by atoms with Crippen molar-refractivity contribution in [2.45, 2.75) is 46.1 Å². The van der Waals surface area contributed by atoms with Crippen molar-refractivity contribution in [3.63, 3.8) is 0 Å². The first kappa shape index (κ1) is 20.7. The predicted octanol–water partition coefficient (Wildman–Crippen LogP) is 1.04. The normalized spacial score (nSPS) is 17.0. The summed E-state index contributed by atoms with van der Waals surface area (Å²) in [5.41, 5.74) is -0.327. The fraction of sp³-hybridized carbons (Fsp3) is 0.579. The van der Waals surface area contributed by atoms with Crippen molar-refractivity contribution >= 4 is 17.8 Å². The first-order valence-corrected chi connectivity index (χ1v) is 9.03. The second-order valence-electron chi connectivity index (χ2n) is 7.08. The van der Waals surface area contributed by atoms with Gasteiger partial charge in [-0.05, 0) is 30.9 Å². The lowest BCUT2D eigenvalue weighted by molar-refractivity contribution is -0.145. The molecule has 8 heteroatoms. The number of piperazine rings is 1. The molecular weight excluding hydrogens is 352 g/mol. The first-order chi connectivity index (χ1) is 12.7. The average molecular weight is 378 g/mol. The number of carbonyl (C=O) groups excluding carboxylic acids is 3. The molecular formula is C19H26N2O6. The number of methoxy groups -OCH3 is 1. The number of esters is 1. The van der Waals surface area contributed by atoms with Gasteiger partial charge >= 0.3 is 11.6 Å². The molecule has 1 atom stereocenters. The Bertz CT molecular complexity index is 783. The smallest absolute Gasteiger partial charge is 0.349 e. The van der Waals surface area contributed by atoms with Crippen molar-refractivity contribution in [2.75, 3.05) is 20.2 Å². The van der Waals surface area contributed by atoms with Gasteiger partial charge in [0.1, 0.15) is 17.4 Å². The molecule has 1 fully saturated rings. The van der Waals surface area contributed by atoms with E-state index < -0.39 is 29.5 Å². The minimum atomic E-state index is -1.02. The van der Waals surface area contributed by atoms with Crippen LogP contribution in [0.2, 0.25) is 0 Å². The number of carbonyl (C=O) groups is 3.